The van der Waals surface area contributed by atoms with Gasteiger partial charge in [-0.25, -0.2) is 0 Å². The van der Waals surface area contributed by atoms with Crippen molar-refractivity contribution in [3.8, 4) is 0 Å². The Labute approximate surface area is 127 Å². The summed E-state index contributed by atoms with van der Waals surface area (Å²) in [5.74, 6) is 0. The Morgan fingerprint density at radius 1 is 0.700 bits per heavy atom. The Kier molecular flexibility index (Phi) is 7.41. The van der Waals surface area contributed by atoms with Crippen LogP contribution in [0.3, 0.4) is 0 Å². The van der Waals surface area contributed by atoms with Crippen molar-refractivity contribution in [2.75, 3.05) is 6.54 Å². The summed E-state index contributed by atoms with van der Waals surface area (Å²) in [6.07, 6.45) is 21.9. The molecule has 0 atom stereocenters. The minimum absolute atomic E-state index is 0.615. The van der Waals surface area contributed by atoms with Crippen molar-refractivity contribution >= 4 is 0 Å². The van der Waals surface area contributed by atoms with Crippen molar-refractivity contribution < 1.29 is 0 Å². The van der Waals surface area contributed by atoms with Crippen LogP contribution in [0.1, 0.15) is 103 Å². The predicted molar refractivity (Wildman–Crippen MR) is 89.2 cm³/mol. The first kappa shape index (κ1) is 16.3. The van der Waals surface area contributed by atoms with E-state index >= 15 is 0 Å². The molecule has 0 spiro atoms. The summed E-state index contributed by atoms with van der Waals surface area (Å²) < 4.78 is 0. The van der Waals surface area contributed by atoms with Gasteiger partial charge in [0.1, 0.15) is 0 Å². The molecule has 0 aromatic rings. The molecule has 1 nitrogen and oxygen atoms in total. The van der Waals surface area contributed by atoms with E-state index < -0.39 is 0 Å². The second-order valence-electron chi connectivity index (χ2n) is 7.85. The van der Waals surface area contributed by atoms with Crippen molar-refractivity contribution in [3.05, 3.63) is 0 Å². The van der Waals surface area contributed by atoms with Gasteiger partial charge in [-0.2, -0.15) is 0 Å². The molecule has 20 heavy (non-hydrogen) atoms. The van der Waals surface area contributed by atoms with Crippen LogP contribution >= 0.6 is 0 Å². The Balaban J connectivity index is 1.71. The zero-order valence-electron chi connectivity index (χ0n) is 13.9. The highest BCUT2D eigenvalue weighted by Crippen LogP contribution is 2.37. The normalized spacial score (nSPS) is 26.9. The monoisotopic (exact) mass is 279 g/mol. The molecule has 0 saturated heterocycles. The van der Waals surface area contributed by atoms with Gasteiger partial charge in [-0.1, -0.05) is 77.6 Å². The Morgan fingerprint density at radius 3 is 1.65 bits per heavy atom. The van der Waals surface area contributed by atoms with E-state index in [1.54, 1.807) is 0 Å². The lowest BCUT2D eigenvalue weighted by Gasteiger charge is -2.28. The third-order valence-corrected chi connectivity index (χ3v) is 5.73. The molecule has 0 heterocycles. The van der Waals surface area contributed by atoms with E-state index in [1.165, 1.54) is 103 Å². The average molecular weight is 280 g/mol. The first-order valence-electron chi connectivity index (χ1n) is 9.52. The minimum Gasteiger partial charge on any atom is -0.313 e. The van der Waals surface area contributed by atoms with E-state index in [9.17, 15) is 0 Å². The summed E-state index contributed by atoms with van der Waals surface area (Å²) in [6.45, 7) is 3.78. The Bertz CT molecular complexity index is 230. The standard InChI is InChI=1S/C19H37N/c1-19(15-11-12-16-19)17-20-18-13-9-7-5-3-2-4-6-8-10-14-18/h18,20H,2-17H2,1H3. The van der Waals surface area contributed by atoms with Crippen molar-refractivity contribution in [1.82, 2.24) is 5.32 Å². The minimum atomic E-state index is 0.615. The fraction of sp³-hybridized carbons (Fsp3) is 1.00. The van der Waals surface area contributed by atoms with Crippen LogP contribution in [0.4, 0.5) is 0 Å². The molecule has 0 amide bonds. The summed E-state index contributed by atoms with van der Waals surface area (Å²) in [7, 11) is 0. The van der Waals surface area contributed by atoms with Gasteiger partial charge in [0.15, 0.2) is 0 Å². The van der Waals surface area contributed by atoms with Crippen LogP contribution in [-0.4, -0.2) is 12.6 Å². The molecule has 0 unspecified atom stereocenters. The van der Waals surface area contributed by atoms with Crippen molar-refractivity contribution in [3.63, 3.8) is 0 Å². The lowest BCUT2D eigenvalue weighted by Crippen LogP contribution is -2.37. The molecule has 2 aliphatic carbocycles. The SMILES string of the molecule is CC1(CNC2CCCCCCCCCCC2)CCCC1. The third kappa shape index (κ3) is 6.16. The van der Waals surface area contributed by atoms with Crippen LogP contribution in [0.5, 0.6) is 0 Å². The number of hydrogen-bond acceptors (Lipinski definition) is 1. The molecule has 118 valence electrons. The van der Waals surface area contributed by atoms with E-state index in [-0.39, 0.29) is 0 Å². The van der Waals surface area contributed by atoms with Gasteiger partial charge in [-0.05, 0) is 31.1 Å². The number of nitrogens with one attached hydrogen (secondary N) is 1. The van der Waals surface area contributed by atoms with Crippen molar-refractivity contribution in [2.24, 2.45) is 5.41 Å². The van der Waals surface area contributed by atoms with Gasteiger partial charge in [-0.3, -0.25) is 0 Å². The fourth-order valence-electron chi connectivity index (χ4n) is 4.16. The molecule has 0 aliphatic heterocycles. The molecular weight excluding hydrogens is 242 g/mol. The molecule has 0 aromatic carbocycles. The maximum absolute atomic E-state index is 3.96. The maximum atomic E-state index is 3.96. The summed E-state index contributed by atoms with van der Waals surface area (Å²) in [6, 6.07) is 0.812. The van der Waals surface area contributed by atoms with Crippen molar-refractivity contribution in [2.45, 2.75) is 109 Å². The molecule has 1 heteroatoms. The summed E-state index contributed by atoms with van der Waals surface area (Å²) >= 11 is 0. The molecule has 1 N–H and O–H groups in total. The van der Waals surface area contributed by atoms with Crippen molar-refractivity contribution in [1.29, 1.82) is 0 Å². The molecular formula is C19H37N. The molecule has 0 radical (unpaired) electrons. The third-order valence-electron chi connectivity index (χ3n) is 5.73. The largest absolute Gasteiger partial charge is 0.313 e. The summed E-state index contributed by atoms with van der Waals surface area (Å²) in [5, 5.41) is 3.96. The van der Waals surface area contributed by atoms with Gasteiger partial charge in [-0.15, -0.1) is 0 Å². The van der Waals surface area contributed by atoms with Gasteiger partial charge in [0.2, 0.25) is 0 Å². The van der Waals surface area contributed by atoms with E-state index in [0.29, 0.717) is 5.41 Å². The molecule has 2 saturated carbocycles. The van der Waals surface area contributed by atoms with Gasteiger partial charge in [0, 0.05) is 12.6 Å². The predicted octanol–water partition coefficient (Wildman–Crippen LogP) is 5.83. The lowest BCUT2D eigenvalue weighted by atomic mass is 9.88. The number of rotatable bonds is 3. The summed E-state index contributed by atoms with van der Waals surface area (Å²) in [4.78, 5) is 0. The van der Waals surface area contributed by atoms with Crippen LogP contribution in [0, 0.1) is 5.41 Å². The Morgan fingerprint density at radius 2 is 1.15 bits per heavy atom. The lowest BCUT2D eigenvalue weighted by molar-refractivity contribution is 0.282. The van der Waals surface area contributed by atoms with Crippen LogP contribution < -0.4 is 5.32 Å². The fourth-order valence-corrected chi connectivity index (χ4v) is 4.16. The quantitative estimate of drug-likeness (QED) is 0.685. The summed E-state index contributed by atoms with van der Waals surface area (Å²) in [5.41, 5.74) is 0.615. The van der Waals surface area contributed by atoms with E-state index in [0.717, 1.165) is 6.04 Å². The molecule has 0 bridgehead atoms. The van der Waals surface area contributed by atoms with Crippen LogP contribution in [0.2, 0.25) is 0 Å². The second kappa shape index (κ2) is 9.07. The zero-order valence-corrected chi connectivity index (χ0v) is 13.9. The van der Waals surface area contributed by atoms with Gasteiger partial charge < -0.3 is 5.32 Å². The molecule has 2 fully saturated rings. The van der Waals surface area contributed by atoms with Gasteiger partial charge in [0.25, 0.3) is 0 Å². The van der Waals surface area contributed by atoms with Gasteiger partial charge in [0.05, 0.1) is 0 Å². The second-order valence-corrected chi connectivity index (χ2v) is 7.85. The smallest absolute Gasteiger partial charge is 0.00672 e. The van der Waals surface area contributed by atoms with Crippen LogP contribution in [0.25, 0.3) is 0 Å². The molecule has 2 rings (SSSR count). The highest BCUT2D eigenvalue weighted by molar-refractivity contribution is 4.84. The zero-order chi connectivity index (χ0) is 14.1. The van der Waals surface area contributed by atoms with Gasteiger partial charge >= 0.3 is 0 Å². The first-order chi connectivity index (χ1) is 9.79. The Hall–Kier alpha value is -0.0400. The molecule has 2 aliphatic rings. The van der Waals surface area contributed by atoms with E-state index in [2.05, 4.69) is 12.2 Å². The van der Waals surface area contributed by atoms with E-state index in [4.69, 9.17) is 0 Å². The maximum Gasteiger partial charge on any atom is 0.00672 e. The average Bonchev–Trinajstić information content (AvgIpc) is 2.86. The van der Waals surface area contributed by atoms with Crippen LogP contribution in [0.15, 0.2) is 0 Å². The topological polar surface area (TPSA) is 12.0 Å². The highest BCUT2D eigenvalue weighted by atomic mass is 14.9. The molecule has 0 aromatic heterocycles. The van der Waals surface area contributed by atoms with E-state index in [1.807, 2.05) is 0 Å². The number of hydrogen-bond donors (Lipinski definition) is 1. The first-order valence-corrected chi connectivity index (χ1v) is 9.52. The van der Waals surface area contributed by atoms with Crippen LogP contribution in [-0.2, 0) is 0 Å². The highest BCUT2D eigenvalue weighted by Gasteiger charge is 2.28.